The monoisotopic (exact) mass is 628 g/mol. The van der Waals surface area contributed by atoms with Crippen LogP contribution in [0.4, 0.5) is 52.7 Å². The molecule has 244 valence electrons. The highest BCUT2D eigenvalue weighted by atomic mass is 19.4. The minimum atomic E-state index is -6.16. The molecule has 41 heavy (non-hydrogen) atoms. The smallest absolute Gasteiger partial charge is 0.426 e. The van der Waals surface area contributed by atoms with Crippen molar-refractivity contribution in [2.24, 2.45) is 23.2 Å². The van der Waals surface area contributed by atoms with E-state index in [0.29, 0.717) is 13.8 Å². The van der Waals surface area contributed by atoms with E-state index in [0.717, 1.165) is 34.6 Å². The SMILES string of the molecule is CCOC(C)(C1CC(C(C)(C)OC(=O)C(C)(CC)C(F)(F)F)CC(C(OCC)(C(F)(F)F)C(F)(F)F)C1)C(F)(F)F. The van der Waals surface area contributed by atoms with Gasteiger partial charge in [0.05, 0.1) is 0 Å². The number of halogens is 12. The molecule has 16 heteroatoms. The van der Waals surface area contributed by atoms with Gasteiger partial charge in [0.1, 0.15) is 5.60 Å². The Morgan fingerprint density at radius 3 is 1.37 bits per heavy atom. The van der Waals surface area contributed by atoms with Gasteiger partial charge >= 0.3 is 30.7 Å². The second-order valence-corrected chi connectivity index (χ2v) is 11.2. The minimum Gasteiger partial charge on any atom is -0.459 e. The van der Waals surface area contributed by atoms with E-state index in [4.69, 9.17) is 9.47 Å². The Morgan fingerprint density at radius 2 is 1.02 bits per heavy atom. The fourth-order valence-corrected chi connectivity index (χ4v) is 5.43. The van der Waals surface area contributed by atoms with Gasteiger partial charge in [-0.2, -0.15) is 52.7 Å². The molecule has 5 unspecified atom stereocenters. The number of hydrogen-bond donors (Lipinski definition) is 0. The van der Waals surface area contributed by atoms with Crippen molar-refractivity contribution >= 4 is 5.97 Å². The summed E-state index contributed by atoms with van der Waals surface area (Å²) in [6.07, 6.45) is -26.8. The van der Waals surface area contributed by atoms with E-state index in [9.17, 15) is 57.5 Å². The molecule has 0 saturated heterocycles. The van der Waals surface area contributed by atoms with Gasteiger partial charge in [-0.3, -0.25) is 4.79 Å². The van der Waals surface area contributed by atoms with Gasteiger partial charge in [-0.15, -0.1) is 0 Å². The van der Waals surface area contributed by atoms with Gasteiger partial charge in [0.25, 0.3) is 5.60 Å². The molecule has 0 aliphatic heterocycles. The van der Waals surface area contributed by atoms with Gasteiger partial charge < -0.3 is 14.2 Å². The van der Waals surface area contributed by atoms with Crippen LogP contribution in [0.2, 0.25) is 0 Å². The first-order chi connectivity index (χ1) is 18.1. The number of ether oxygens (including phenoxy) is 3. The van der Waals surface area contributed by atoms with E-state index in [2.05, 4.69) is 4.74 Å². The Morgan fingerprint density at radius 1 is 0.610 bits per heavy atom. The van der Waals surface area contributed by atoms with Crippen LogP contribution in [-0.4, -0.2) is 60.7 Å². The molecule has 5 atom stereocenters. The predicted octanol–water partition coefficient (Wildman–Crippen LogP) is 8.58. The number of carbonyl (C=O) groups excluding carboxylic acids is 1. The van der Waals surface area contributed by atoms with Gasteiger partial charge in [-0.05, 0) is 79.1 Å². The Bertz CT molecular complexity index is 879. The molecule has 1 aliphatic carbocycles. The molecule has 0 amide bonds. The van der Waals surface area contributed by atoms with E-state index in [-0.39, 0.29) is 0 Å². The quantitative estimate of drug-likeness (QED) is 0.180. The zero-order valence-electron chi connectivity index (χ0n) is 23.6. The van der Waals surface area contributed by atoms with Crippen LogP contribution in [0.1, 0.15) is 74.1 Å². The van der Waals surface area contributed by atoms with Crippen LogP contribution in [0.25, 0.3) is 0 Å². The van der Waals surface area contributed by atoms with Gasteiger partial charge in [0.2, 0.25) is 0 Å². The Labute approximate surface area is 230 Å². The van der Waals surface area contributed by atoms with Crippen molar-refractivity contribution in [3.8, 4) is 0 Å². The molecule has 0 aromatic heterocycles. The van der Waals surface area contributed by atoms with Crippen molar-refractivity contribution < 1.29 is 71.7 Å². The maximum atomic E-state index is 14.3. The molecule has 1 aliphatic rings. The highest BCUT2D eigenvalue weighted by Gasteiger charge is 2.77. The summed E-state index contributed by atoms with van der Waals surface area (Å²) in [7, 11) is 0. The van der Waals surface area contributed by atoms with Crippen molar-refractivity contribution in [1.82, 2.24) is 0 Å². The molecule has 0 radical (unpaired) electrons. The third-order valence-electron chi connectivity index (χ3n) is 8.40. The van der Waals surface area contributed by atoms with Crippen LogP contribution in [0.5, 0.6) is 0 Å². The van der Waals surface area contributed by atoms with Crippen molar-refractivity contribution in [3.05, 3.63) is 0 Å². The lowest BCUT2D eigenvalue weighted by atomic mass is 9.60. The van der Waals surface area contributed by atoms with Crippen molar-refractivity contribution in [3.63, 3.8) is 0 Å². The van der Waals surface area contributed by atoms with Gasteiger partial charge in [0, 0.05) is 19.1 Å². The molecule has 1 fully saturated rings. The summed E-state index contributed by atoms with van der Waals surface area (Å²) in [4.78, 5) is 12.7. The number of carbonyl (C=O) groups is 1. The summed E-state index contributed by atoms with van der Waals surface area (Å²) in [6.45, 7) is 4.13. The average molecular weight is 629 g/mol. The molecule has 0 spiro atoms. The fraction of sp³-hybridized carbons (Fsp3) is 0.960. The number of rotatable bonds is 10. The Balaban J connectivity index is 3.87. The first-order valence-corrected chi connectivity index (χ1v) is 12.9. The molecular weight excluding hydrogens is 592 g/mol. The molecule has 0 aromatic carbocycles. The van der Waals surface area contributed by atoms with Gasteiger partial charge in [-0.1, -0.05) is 6.92 Å². The average Bonchev–Trinajstić information content (AvgIpc) is 2.78. The number of alkyl halides is 12. The molecule has 0 bridgehead atoms. The van der Waals surface area contributed by atoms with Crippen molar-refractivity contribution in [2.45, 2.75) is 116 Å². The van der Waals surface area contributed by atoms with E-state index >= 15 is 0 Å². The zero-order valence-corrected chi connectivity index (χ0v) is 23.6. The maximum absolute atomic E-state index is 14.3. The molecule has 0 heterocycles. The Hall–Kier alpha value is -1.45. The largest absolute Gasteiger partial charge is 0.459 e. The van der Waals surface area contributed by atoms with Gasteiger partial charge in [0.15, 0.2) is 11.0 Å². The normalized spacial score (nSPS) is 24.9. The minimum absolute atomic E-state index is 0.487. The summed E-state index contributed by atoms with van der Waals surface area (Å²) in [5.41, 5.74) is -13.5. The molecule has 1 rings (SSSR count). The number of esters is 1. The third kappa shape index (κ3) is 6.87. The van der Waals surface area contributed by atoms with Crippen LogP contribution < -0.4 is 0 Å². The van der Waals surface area contributed by atoms with Crippen LogP contribution >= 0.6 is 0 Å². The van der Waals surface area contributed by atoms with Crippen LogP contribution in [-0.2, 0) is 19.0 Å². The van der Waals surface area contributed by atoms with E-state index in [1.807, 2.05) is 0 Å². The predicted molar refractivity (Wildman–Crippen MR) is 121 cm³/mol. The second kappa shape index (κ2) is 11.9. The molecule has 1 saturated carbocycles. The van der Waals surface area contributed by atoms with Crippen molar-refractivity contribution in [1.29, 1.82) is 0 Å². The molecule has 4 nitrogen and oxygen atoms in total. The standard InChI is InChI=1S/C25H36F12O4/c1-8-19(6,22(26,27)28)17(38)41-18(4,5)14-11-15(20(7,39-9-2)23(29,30)31)13-16(12-14)21(40-10-3,24(32,33)34)25(35,36)37/h14-16H,8-13H2,1-7H3. The lowest BCUT2D eigenvalue weighted by Crippen LogP contribution is -2.66. The summed E-state index contributed by atoms with van der Waals surface area (Å²) in [6, 6.07) is 0. The first kappa shape index (κ1) is 37.6. The summed E-state index contributed by atoms with van der Waals surface area (Å²) >= 11 is 0. The molecule has 0 aromatic rings. The molecule has 0 N–H and O–H groups in total. The lowest BCUT2D eigenvalue weighted by molar-refractivity contribution is -0.403. The van der Waals surface area contributed by atoms with E-state index < -0.39 is 110 Å². The highest BCUT2D eigenvalue weighted by molar-refractivity contribution is 5.77. The number of hydrogen-bond acceptors (Lipinski definition) is 4. The van der Waals surface area contributed by atoms with Gasteiger partial charge in [-0.25, -0.2) is 0 Å². The summed E-state index contributed by atoms with van der Waals surface area (Å²) < 4.78 is 184. The topological polar surface area (TPSA) is 44.8 Å². The van der Waals surface area contributed by atoms with Crippen LogP contribution in [0, 0.1) is 23.2 Å². The van der Waals surface area contributed by atoms with Crippen LogP contribution in [0.3, 0.4) is 0 Å². The fourth-order valence-electron chi connectivity index (χ4n) is 5.43. The lowest BCUT2D eigenvalue weighted by Gasteiger charge is -2.52. The third-order valence-corrected chi connectivity index (χ3v) is 8.40. The maximum Gasteiger partial charge on any atom is 0.426 e. The highest BCUT2D eigenvalue weighted by Crippen LogP contribution is 2.59. The zero-order chi connectivity index (χ0) is 32.7. The summed E-state index contributed by atoms with van der Waals surface area (Å²) in [5.74, 6) is -8.33. The van der Waals surface area contributed by atoms with E-state index in [1.54, 1.807) is 0 Å². The van der Waals surface area contributed by atoms with Crippen LogP contribution in [0.15, 0.2) is 0 Å². The molecular formula is C25H36F12O4. The van der Waals surface area contributed by atoms with Crippen molar-refractivity contribution in [2.75, 3.05) is 13.2 Å². The second-order valence-electron chi connectivity index (χ2n) is 11.2. The Kier molecular flexibility index (Phi) is 10.9. The summed E-state index contributed by atoms with van der Waals surface area (Å²) in [5, 5.41) is 0. The van der Waals surface area contributed by atoms with E-state index in [1.165, 1.54) is 0 Å². The first-order valence-electron chi connectivity index (χ1n) is 12.9.